The lowest BCUT2D eigenvalue weighted by Gasteiger charge is -2.31. The van der Waals surface area contributed by atoms with E-state index in [4.69, 9.17) is 14.2 Å². The van der Waals surface area contributed by atoms with E-state index in [2.05, 4.69) is 5.32 Å². The van der Waals surface area contributed by atoms with Gasteiger partial charge in [0.25, 0.3) is 5.91 Å². The number of hydrogen-bond donors (Lipinski definition) is 1. The Morgan fingerprint density at radius 1 is 0.886 bits per heavy atom. The van der Waals surface area contributed by atoms with Gasteiger partial charge in [0.15, 0.2) is 6.61 Å². The maximum atomic E-state index is 13.5. The molecule has 0 aliphatic heterocycles. The summed E-state index contributed by atoms with van der Waals surface area (Å²) in [5.74, 6) is 0.322. The lowest BCUT2D eigenvalue weighted by Crippen LogP contribution is -2.51. The van der Waals surface area contributed by atoms with Gasteiger partial charge in [-0.2, -0.15) is 0 Å². The van der Waals surface area contributed by atoms with Crippen molar-refractivity contribution in [2.24, 2.45) is 0 Å². The van der Waals surface area contributed by atoms with Gasteiger partial charge < -0.3 is 24.4 Å². The second-order valence-corrected chi connectivity index (χ2v) is 7.80. The molecule has 184 valence electrons. The summed E-state index contributed by atoms with van der Waals surface area (Å²) < 4.78 is 29.7. The summed E-state index contributed by atoms with van der Waals surface area (Å²) in [5, 5.41) is 2.65. The number of rotatable bonds is 11. The number of benzene rings is 3. The van der Waals surface area contributed by atoms with Crippen LogP contribution in [0.1, 0.15) is 11.1 Å². The number of carbonyl (C=O) groups excluding carboxylic acids is 2. The predicted octanol–water partition coefficient (Wildman–Crippen LogP) is 3.61. The van der Waals surface area contributed by atoms with E-state index in [1.165, 1.54) is 38.3 Å². The van der Waals surface area contributed by atoms with Crippen molar-refractivity contribution in [3.05, 3.63) is 89.7 Å². The topological polar surface area (TPSA) is 77.1 Å². The lowest BCUT2D eigenvalue weighted by atomic mass is 10.0. The largest absolute Gasteiger partial charge is 0.496 e. The number of nitrogens with one attached hydrogen (secondary N) is 1. The van der Waals surface area contributed by atoms with Crippen molar-refractivity contribution in [2.75, 3.05) is 27.9 Å². The van der Waals surface area contributed by atoms with E-state index in [0.717, 1.165) is 5.56 Å². The van der Waals surface area contributed by atoms with Gasteiger partial charge in [0.2, 0.25) is 5.91 Å². The first-order valence-corrected chi connectivity index (χ1v) is 11.1. The Morgan fingerprint density at radius 3 is 2.06 bits per heavy atom. The molecule has 3 aromatic rings. The monoisotopic (exact) mass is 480 g/mol. The number of halogens is 1. The van der Waals surface area contributed by atoms with E-state index in [9.17, 15) is 14.0 Å². The molecule has 0 spiro atoms. The van der Waals surface area contributed by atoms with Crippen LogP contribution >= 0.6 is 0 Å². The van der Waals surface area contributed by atoms with Crippen LogP contribution in [0.5, 0.6) is 17.2 Å². The average molecular weight is 481 g/mol. The number of likely N-dealkylation sites (N-methyl/N-ethyl adjacent to an activating group) is 1. The number of methoxy groups -OCH3 is 2. The molecule has 1 N–H and O–H groups in total. The molecule has 8 heteroatoms. The van der Waals surface area contributed by atoms with E-state index < -0.39 is 11.9 Å². The second kappa shape index (κ2) is 12.4. The first kappa shape index (κ1) is 25.6. The fourth-order valence-electron chi connectivity index (χ4n) is 3.60. The van der Waals surface area contributed by atoms with Crippen molar-refractivity contribution in [1.29, 1.82) is 0 Å². The fraction of sp³-hybridized carbons (Fsp3) is 0.259. The van der Waals surface area contributed by atoms with Crippen molar-refractivity contribution in [3.63, 3.8) is 0 Å². The van der Waals surface area contributed by atoms with Crippen molar-refractivity contribution in [2.45, 2.75) is 19.0 Å². The van der Waals surface area contributed by atoms with Crippen LogP contribution in [0.25, 0.3) is 0 Å². The Labute approximate surface area is 204 Å². The van der Waals surface area contributed by atoms with E-state index in [-0.39, 0.29) is 24.9 Å². The van der Waals surface area contributed by atoms with Crippen molar-refractivity contribution < 1.29 is 28.2 Å². The zero-order valence-electron chi connectivity index (χ0n) is 20.0. The summed E-state index contributed by atoms with van der Waals surface area (Å²) in [4.78, 5) is 27.8. The van der Waals surface area contributed by atoms with Crippen LogP contribution < -0.4 is 19.5 Å². The molecule has 0 aromatic heterocycles. The molecular formula is C27H29FN2O5. The molecule has 0 saturated carbocycles. The summed E-state index contributed by atoms with van der Waals surface area (Å²) in [6.07, 6.45) is 0.306. The molecule has 0 heterocycles. The van der Waals surface area contributed by atoms with Gasteiger partial charge in [0.05, 0.1) is 14.2 Å². The molecule has 7 nitrogen and oxygen atoms in total. The Morgan fingerprint density at radius 2 is 1.49 bits per heavy atom. The summed E-state index contributed by atoms with van der Waals surface area (Å²) in [7, 11) is 4.57. The Balaban J connectivity index is 1.87. The Hall–Kier alpha value is -4.07. The highest BCUT2D eigenvalue weighted by Gasteiger charge is 2.30. The molecule has 1 atom stereocenters. The molecule has 35 heavy (non-hydrogen) atoms. The highest BCUT2D eigenvalue weighted by Crippen LogP contribution is 2.27. The molecule has 0 fully saturated rings. The summed E-state index contributed by atoms with van der Waals surface area (Å²) in [6, 6.07) is 19.4. The lowest BCUT2D eigenvalue weighted by molar-refractivity contribution is -0.142. The van der Waals surface area contributed by atoms with Crippen LogP contribution in [-0.4, -0.2) is 50.6 Å². The van der Waals surface area contributed by atoms with Crippen LogP contribution in [0.2, 0.25) is 0 Å². The van der Waals surface area contributed by atoms with Crippen molar-refractivity contribution in [1.82, 2.24) is 10.2 Å². The van der Waals surface area contributed by atoms with Crippen LogP contribution in [0.15, 0.2) is 72.8 Å². The normalized spacial score (nSPS) is 11.3. The van der Waals surface area contributed by atoms with Gasteiger partial charge in [-0.05, 0) is 23.3 Å². The first-order valence-electron chi connectivity index (χ1n) is 11.1. The van der Waals surface area contributed by atoms with Gasteiger partial charge in [-0.15, -0.1) is 0 Å². The molecule has 0 aliphatic rings. The number of hydrogen-bond acceptors (Lipinski definition) is 5. The smallest absolute Gasteiger partial charge is 0.261 e. The SMILES string of the molecule is CNC(=O)[C@@H](Cc1ccccc1)N(Cc1ccc(F)cc1)C(=O)COc1cc(OC)cc(OC)c1. The zero-order chi connectivity index (χ0) is 25.2. The van der Waals surface area contributed by atoms with Crippen molar-refractivity contribution >= 4 is 11.8 Å². The molecule has 0 unspecified atom stereocenters. The van der Waals surface area contributed by atoms with E-state index >= 15 is 0 Å². The molecule has 3 aromatic carbocycles. The Bertz CT molecular complexity index is 1100. The minimum absolute atomic E-state index is 0.106. The predicted molar refractivity (Wildman–Crippen MR) is 130 cm³/mol. The summed E-state index contributed by atoms with van der Waals surface area (Å²) >= 11 is 0. The quantitative estimate of drug-likeness (QED) is 0.454. The van der Waals surface area contributed by atoms with E-state index in [0.29, 0.717) is 29.2 Å². The fourth-order valence-corrected chi connectivity index (χ4v) is 3.60. The maximum absolute atomic E-state index is 13.5. The molecule has 3 rings (SSSR count). The van der Waals surface area contributed by atoms with Crippen molar-refractivity contribution in [3.8, 4) is 17.2 Å². The van der Waals surface area contributed by atoms with E-state index in [1.807, 2.05) is 30.3 Å². The molecule has 0 radical (unpaired) electrons. The van der Waals surface area contributed by atoms with Crippen LogP contribution in [-0.2, 0) is 22.6 Å². The number of ether oxygens (including phenoxy) is 3. The van der Waals surface area contributed by atoms with Gasteiger partial charge >= 0.3 is 0 Å². The van der Waals surface area contributed by atoms with Gasteiger partial charge in [0, 0.05) is 38.2 Å². The highest BCUT2D eigenvalue weighted by molar-refractivity contribution is 5.88. The molecule has 2 amide bonds. The summed E-state index contributed by atoms with van der Waals surface area (Å²) in [6.45, 7) is -0.214. The number of amides is 2. The van der Waals surface area contributed by atoms with Gasteiger partial charge in [0.1, 0.15) is 29.1 Å². The van der Waals surface area contributed by atoms with Gasteiger partial charge in [-0.1, -0.05) is 42.5 Å². The van der Waals surface area contributed by atoms with Crippen LogP contribution in [0.3, 0.4) is 0 Å². The van der Waals surface area contributed by atoms with E-state index in [1.54, 1.807) is 30.3 Å². The molecule has 0 saturated heterocycles. The third-order valence-electron chi connectivity index (χ3n) is 5.47. The first-order chi connectivity index (χ1) is 16.9. The molecule has 0 aliphatic carbocycles. The molecule has 0 bridgehead atoms. The minimum Gasteiger partial charge on any atom is -0.496 e. The maximum Gasteiger partial charge on any atom is 0.261 e. The zero-order valence-corrected chi connectivity index (χ0v) is 20.0. The summed E-state index contributed by atoms with van der Waals surface area (Å²) in [5.41, 5.74) is 1.58. The minimum atomic E-state index is -0.802. The second-order valence-electron chi connectivity index (χ2n) is 7.80. The number of carbonyl (C=O) groups is 2. The number of nitrogens with zero attached hydrogens (tertiary/aromatic N) is 1. The third kappa shape index (κ3) is 7.20. The standard InChI is InChI=1S/C27H29FN2O5/c1-29-27(32)25(13-19-7-5-4-6-8-19)30(17-20-9-11-21(28)12-10-20)26(31)18-35-24-15-22(33-2)14-23(16-24)34-3/h4-12,14-16,25H,13,17-18H2,1-3H3,(H,29,32)/t25-/m1/s1. The van der Waals surface area contributed by atoms with Gasteiger partial charge in [-0.3, -0.25) is 9.59 Å². The van der Waals surface area contributed by atoms with Crippen LogP contribution in [0, 0.1) is 5.82 Å². The third-order valence-corrected chi connectivity index (χ3v) is 5.47. The van der Waals surface area contributed by atoms with Crippen LogP contribution in [0.4, 0.5) is 4.39 Å². The highest BCUT2D eigenvalue weighted by atomic mass is 19.1. The Kier molecular flexibility index (Phi) is 9.06. The average Bonchev–Trinajstić information content (AvgIpc) is 2.90. The molecular weight excluding hydrogens is 451 g/mol. The van der Waals surface area contributed by atoms with Gasteiger partial charge in [-0.25, -0.2) is 4.39 Å².